The number of allylic oxidation sites excluding steroid dienone is 2. The quantitative estimate of drug-likeness (QED) is 0.0304. The molecule has 0 amide bonds. The van der Waals surface area contributed by atoms with Crippen molar-refractivity contribution in [1.29, 1.82) is 0 Å². The highest BCUT2D eigenvalue weighted by molar-refractivity contribution is 6.15. The van der Waals surface area contributed by atoms with Gasteiger partial charge in [-0.15, -0.1) is 0 Å². The predicted octanol–water partition coefficient (Wildman–Crippen LogP) is 26.5. The van der Waals surface area contributed by atoms with E-state index in [0.717, 1.165) is 80.7 Å². The average Bonchev–Trinajstić information content (AvgIpc) is 1.57. The third-order valence-electron chi connectivity index (χ3n) is 19.2. The van der Waals surface area contributed by atoms with Crippen LogP contribution in [0.2, 0.25) is 0 Å². The number of fused-ring (bicyclic) bond motifs is 3. The summed E-state index contributed by atoms with van der Waals surface area (Å²) in [5.74, 6) is 0. The molecule has 4 nitrogen and oxygen atoms in total. The Kier molecular flexibility index (Phi) is 25.2. The van der Waals surface area contributed by atoms with Crippen molar-refractivity contribution in [2.75, 3.05) is 10.6 Å². The van der Waals surface area contributed by atoms with Crippen LogP contribution in [0.25, 0.3) is 44.8 Å². The third kappa shape index (κ3) is 18.9. The molecule has 0 spiro atoms. The van der Waals surface area contributed by atoms with E-state index >= 15 is 0 Å². The van der Waals surface area contributed by atoms with Crippen LogP contribution in [0.1, 0.15) is 188 Å². The van der Waals surface area contributed by atoms with Crippen molar-refractivity contribution in [1.82, 2.24) is 0 Å². The number of aliphatic imine (C=N–C) groups is 2. The molecule has 0 saturated carbocycles. The zero-order valence-electron chi connectivity index (χ0n) is 56.5. The topological polar surface area (TPSA) is 48.8 Å². The summed E-state index contributed by atoms with van der Waals surface area (Å²) in [6, 6.07) is 95.9. The fourth-order valence-electron chi connectivity index (χ4n) is 13.9. The summed E-state index contributed by atoms with van der Waals surface area (Å²) in [5, 5.41) is 7.44. The highest BCUT2D eigenvalue weighted by Crippen LogP contribution is 2.56. The Labute approximate surface area is 569 Å². The van der Waals surface area contributed by atoms with E-state index in [9.17, 15) is 0 Å². The van der Waals surface area contributed by atoms with Crippen molar-refractivity contribution in [2.24, 2.45) is 9.98 Å². The molecule has 95 heavy (non-hydrogen) atoms. The van der Waals surface area contributed by atoms with Gasteiger partial charge < -0.3 is 10.6 Å². The van der Waals surface area contributed by atoms with Crippen LogP contribution in [0.3, 0.4) is 0 Å². The molecule has 0 aromatic heterocycles. The van der Waals surface area contributed by atoms with E-state index in [1.165, 1.54) is 173 Å². The van der Waals surface area contributed by atoms with Crippen molar-refractivity contribution >= 4 is 45.6 Å². The number of anilines is 2. The zero-order valence-corrected chi connectivity index (χ0v) is 56.5. The number of nitrogens with one attached hydrogen (secondary N) is 2. The van der Waals surface area contributed by atoms with Crippen molar-refractivity contribution in [3.05, 3.63) is 312 Å². The molecule has 1 aliphatic carbocycles. The highest BCUT2D eigenvalue weighted by Gasteiger charge is 2.42. The second kappa shape index (κ2) is 35.8. The van der Waals surface area contributed by atoms with Gasteiger partial charge in [-0.2, -0.15) is 0 Å². The molecular formula is C91H98N4. The standard InChI is InChI=1S/C91H98N4/c1-3-5-7-9-11-13-15-17-19-39-65-91(66-40-20-18-16-14-12-10-8-6-4-2)85-67-77(71-53-59-81(60-54-71)94-89(75-45-31-23-32-46-75)69-87(73-41-27-21-28-42-73)92-79-49-35-25-36-50-79)57-63-83(85)84-64-58-78(68-86(84)91)72-55-61-82(62-56-72)95-90(76-47-33-24-34-48-76)70-88(74-43-29-22-30-44-74)93-80-51-37-26-38-52-80/h21-38,41-64,67-70,92-93H,3-20,39-40,65-66H2,1-2H3/b87-69-,88-70-,94-89?,95-90?. The van der Waals surface area contributed by atoms with Crippen LogP contribution in [0, 0.1) is 0 Å². The van der Waals surface area contributed by atoms with Gasteiger partial charge in [0.15, 0.2) is 0 Å². The number of para-hydroxylation sites is 2. The largest absolute Gasteiger partial charge is 0.355 e. The monoisotopic (exact) mass is 1250 g/mol. The molecule has 10 aromatic rings. The average molecular weight is 1250 g/mol. The summed E-state index contributed by atoms with van der Waals surface area (Å²) in [7, 11) is 0. The fraction of sp³-hybridized carbons (Fsp3) is 0.275. The van der Waals surface area contributed by atoms with E-state index in [-0.39, 0.29) is 5.41 Å². The molecule has 11 rings (SSSR count). The molecular weight excluding hydrogens is 1150 g/mol. The van der Waals surface area contributed by atoms with Gasteiger partial charge >= 0.3 is 0 Å². The van der Waals surface area contributed by atoms with Crippen molar-refractivity contribution < 1.29 is 0 Å². The molecule has 0 fully saturated rings. The number of hydrogen-bond donors (Lipinski definition) is 2. The van der Waals surface area contributed by atoms with Gasteiger partial charge in [-0.25, -0.2) is 9.98 Å². The van der Waals surface area contributed by atoms with Crippen LogP contribution in [0.15, 0.2) is 289 Å². The van der Waals surface area contributed by atoms with E-state index in [1.807, 2.05) is 0 Å². The van der Waals surface area contributed by atoms with Crippen LogP contribution < -0.4 is 10.6 Å². The van der Waals surface area contributed by atoms with Crippen LogP contribution in [-0.4, -0.2) is 11.4 Å². The molecule has 0 radical (unpaired) electrons. The predicted molar refractivity (Wildman–Crippen MR) is 411 cm³/mol. The van der Waals surface area contributed by atoms with Crippen LogP contribution in [0.5, 0.6) is 0 Å². The summed E-state index contributed by atoms with van der Waals surface area (Å²) >= 11 is 0. The van der Waals surface area contributed by atoms with E-state index in [2.05, 4.69) is 304 Å². The molecule has 2 N–H and O–H groups in total. The first-order chi connectivity index (χ1) is 47.0. The lowest BCUT2D eigenvalue weighted by molar-refractivity contribution is 0.397. The lowest BCUT2D eigenvalue weighted by atomic mass is 9.70. The Bertz CT molecular complexity index is 3770. The number of hydrogen-bond acceptors (Lipinski definition) is 4. The van der Waals surface area contributed by atoms with Crippen LogP contribution in [0.4, 0.5) is 22.7 Å². The van der Waals surface area contributed by atoms with Gasteiger partial charge in [0, 0.05) is 39.3 Å². The summed E-state index contributed by atoms with van der Waals surface area (Å²) in [5.41, 5.74) is 22.6. The first-order valence-corrected chi connectivity index (χ1v) is 36.0. The maximum Gasteiger partial charge on any atom is 0.0730 e. The molecule has 0 heterocycles. The van der Waals surface area contributed by atoms with Crippen molar-refractivity contribution in [3.8, 4) is 33.4 Å². The molecule has 4 heteroatoms. The smallest absolute Gasteiger partial charge is 0.0730 e. The molecule has 10 aromatic carbocycles. The Morgan fingerprint density at radius 1 is 0.295 bits per heavy atom. The zero-order chi connectivity index (χ0) is 65.0. The molecule has 0 bridgehead atoms. The summed E-state index contributed by atoms with van der Waals surface area (Å²) in [4.78, 5) is 10.8. The van der Waals surface area contributed by atoms with Gasteiger partial charge in [0.25, 0.3) is 0 Å². The maximum atomic E-state index is 5.42. The Morgan fingerprint density at radius 3 is 0.905 bits per heavy atom. The number of nitrogens with zero attached hydrogens (tertiary/aromatic N) is 2. The minimum absolute atomic E-state index is 0.117. The first kappa shape index (κ1) is 67.1. The minimum atomic E-state index is -0.117. The van der Waals surface area contributed by atoms with E-state index in [1.54, 1.807) is 0 Å². The molecule has 1 aliphatic rings. The fourth-order valence-corrected chi connectivity index (χ4v) is 13.9. The third-order valence-corrected chi connectivity index (χ3v) is 19.2. The molecule has 482 valence electrons. The van der Waals surface area contributed by atoms with E-state index in [0.29, 0.717) is 0 Å². The van der Waals surface area contributed by atoms with Crippen LogP contribution >= 0.6 is 0 Å². The normalized spacial score (nSPS) is 12.9. The lowest BCUT2D eigenvalue weighted by Gasteiger charge is -2.33. The van der Waals surface area contributed by atoms with Crippen molar-refractivity contribution in [3.63, 3.8) is 0 Å². The number of unbranched alkanes of at least 4 members (excludes halogenated alkanes) is 18. The van der Waals surface area contributed by atoms with E-state index in [4.69, 9.17) is 9.98 Å². The molecule has 0 saturated heterocycles. The second-order valence-electron chi connectivity index (χ2n) is 26.1. The molecule has 0 atom stereocenters. The second-order valence-corrected chi connectivity index (χ2v) is 26.1. The first-order valence-electron chi connectivity index (χ1n) is 36.0. The number of benzene rings is 10. The lowest BCUT2D eigenvalue weighted by Crippen LogP contribution is -2.25. The van der Waals surface area contributed by atoms with Crippen LogP contribution in [-0.2, 0) is 5.41 Å². The van der Waals surface area contributed by atoms with Gasteiger partial charge in [-0.1, -0.05) is 349 Å². The van der Waals surface area contributed by atoms with Gasteiger partial charge in [-0.3, -0.25) is 0 Å². The van der Waals surface area contributed by atoms with E-state index < -0.39 is 0 Å². The molecule has 0 unspecified atom stereocenters. The maximum absolute atomic E-state index is 5.42. The minimum Gasteiger partial charge on any atom is -0.355 e. The van der Waals surface area contributed by atoms with Gasteiger partial charge in [0.1, 0.15) is 0 Å². The van der Waals surface area contributed by atoms with Crippen molar-refractivity contribution in [2.45, 2.75) is 161 Å². The number of rotatable bonds is 36. The Balaban J connectivity index is 0.933. The molecule has 0 aliphatic heterocycles. The highest BCUT2D eigenvalue weighted by atomic mass is 14.9. The summed E-state index contributed by atoms with van der Waals surface area (Å²) in [6.45, 7) is 4.63. The van der Waals surface area contributed by atoms with Gasteiger partial charge in [0.05, 0.1) is 22.8 Å². The Morgan fingerprint density at radius 2 is 0.579 bits per heavy atom. The SMILES string of the molecule is CCCCCCCCCCCCC1(CCCCCCCCCCCC)c2cc(-c3ccc(N=C(/C=C(\Nc4ccccc4)c4ccccc4)c4ccccc4)cc3)ccc2-c2ccc(-c3ccc(N=C(/C=C(\Nc4ccccc4)c4ccccc4)c4ccccc4)cc3)cc21. The summed E-state index contributed by atoms with van der Waals surface area (Å²) in [6.07, 6.45) is 33.2. The van der Waals surface area contributed by atoms with Gasteiger partial charge in [0.2, 0.25) is 0 Å². The Hall–Kier alpha value is -9.38. The van der Waals surface area contributed by atoms with Gasteiger partial charge in [-0.05, 0) is 141 Å². The summed E-state index contributed by atoms with van der Waals surface area (Å²) < 4.78 is 0.